The predicted octanol–water partition coefficient (Wildman–Crippen LogP) is 3.06. The Balaban J connectivity index is 1.46. The van der Waals surface area contributed by atoms with Crippen LogP contribution in [0.15, 0.2) is 34.5 Å². The minimum atomic E-state index is -3.76. The highest BCUT2D eigenvalue weighted by Crippen LogP contribution is 2.43. The molecule has 1 amide bonds. The van der Waals surface area contributed by atoms with Crippen LogP contribution in [-0.4, -0.2) is 45.4 Å². The number of carbonyl (C=O) groups excluding carboxylic acids is 1. The highest BCUT2D eigenvalue weighted by atomic mass is 35.5. The molecule has 29 heavy (non-hydrogen) atoms. The second-order valence-electron chi connectivity index (χ2n) is 7.11. The van der Waals surface area contributed by atoms with Gasteiger partial charge < -0.3 is 14.8 Å². The second-order valence-corrected chi connectivity index (χ2v) is 11.1. The maximum Gasteiger partial charge on any atom is 0.252 e. The maximum atomic E-state index is 12.6. The lowest BCUT2D eigenvalue weighted by atomic mass is 10.0. The van der Waals surface area contributed by atoms with E-state index in [1.54, 1.807) is 0 Å². The second kappa shape index (κ2) is 8.14. The molecule has 1 saturated carbocycles. The monoisotopic (exact) mass is 456 g/mol. The fraction of sp³-hybridized carbons (Fsp3) is 0.421. The minimum absolute atomic E-state index is 0.114. The lowest BCUT2D eigenvalue weighted by Crippen LogP contribution is -2.40. The van der Waals surface area contributed by atoms with Gasteiger partial charge in [-0.15, -0.1) is 11.3 Å². The van der Waals surface area contributed by atoms with Gasteiger partial charge in [0.1, 0.15) is 17.4 Å². The topological polar surface area (TPSA) is 84.9 Å². The largest absolute Gasteiger partial charge is 0.486 e. The van der Waals surface area contributed by atoms with Crippen molar-refractivity contribution >= 4 is 38.9 Å². The summed E-state index contributed by atoms with van der Waals surface area (Å²) < 4.78 is 38.0. The summed E-state index contributed by atoms with van der Waals surface area (Å²) in [5.41, 5.74) is 0.931. The number of ether oxygens (including phenoxy) is 2. The van der Waals surface area contributed by atoms with E-state index in [1.807, 2.05) is 18.2 Å². The molecule has 2 heterocycles. The first-order valence-corrected chi connectivity index (χ1v) is 11.9. The molecule has 1 N–H and O–H groups in total. The third-order valence-corrected chi connectivity index (χ3v) is 8.42. The molecule has 2 aliphatic rings. The van der Waals surface area contributed by atoms with E-state index in [1.165, 1.54) is 19.2 Å². The Hall–Kier alpha value is -1.81. The van der Waals surface area contributed by atoms with E-state index in [4.69, 9.17) is 21.1 Å². The molecule has 0 radical (unpaired) electrons. The summed E-state index contributed by atoms with van der Waals surface area (Å²) in [4.78, 5) is 12.6. The predicted molar refractivity (Wildman–Crippen MR) is 110 cm³/mol. The normalized spacial score (nSPS) is 17.2. The van der Waals surface area contributed by atoms with E-state index in [0.29, 0.717) is 35.0 Å². The van der Waals surface area contributed by atoms with Gasteiger partial charge in [0.05, 0.1) is 16.9 Å². The minimum Gasteiger partial charge on any atom is -0.486 e. The molecule has 1 aliphatic heterocycles. The highest BCUT2D eigenvalue weighted by Gasteiger charge is 2.35. The fourth-order valence-corrected chi connectivity index (χ4v) is 6.07. The van der Waals surface area contributed by atoms with Crippen molar-refractivity contribution in [3.63, 3.8) is 0 Å². The summed E-state index contributed by atoms with van der Waals surface area (Å²) in [7, 11) is -2.37. The van der Waals surface area contributed by atoms with Crippen molar-refractivity contribution in [1.29, 1.82) is 0 Å². The number of carbonyl (C=O) groups is 1. The number of amides is 1. The van der Waals surface area contributed by atoms with Crippen LogP contribution < -0.4 is 14.8 Å². The molecule has 1 aromatic carbocycles. The summed E-state index contributed by atoms with van der Waals surface area (Å²) in [6, 6.07) is 8.45. The van der Waals surface area contributed by atoms with Crippen LogP contribution in [0, 0.1) is 5.92 Å². The van der Waals surface area contributed by atoms with E-state index < -0.39 is 10.0 Å². The summed E-state index contributed by atoms with van der Waals surface area (Å²) in [5, 5.41) is 3.00. The third-order valence-electron chi connectivity index (χ3n) is 4.91. The molecule has 4 rings (SSSR count). The average molecular weight is 457 g/mol. The quantitative estimate of drug-likeness (QED) is 0.692. The zero-order chi connectivity index (χ0) is 20.6. The van der Waals surface area contributed by atoms with Crippen molar-refractivity contribution in [2.24, 2.45) is 5.92 Å². The first kappa shape index (κ1) is 20.5. The number of benzene rings is 1. The van der Waals surface area contributed by atoms with Gasteiger partial charge in [-0.25, -0.2) is 8.42 Å². The number of hydrogen-bond donors (Lipinski definition) is 1. The molecule has 10 heteroatoms. The van der Waals surface area contributed by atoms with Crippen molar-refractivity contribution in [3.05, 3.63) is 40.2 Å². The van der Waals surface area contributed by atoms with Gasteiger partial charge >= 0.3 is 0 Å². The summed E-state index contributed by atoms with van der Waals surface area (Å²) in [5.74, 6) is 1.34. The lowest BCUT2D eigenvalue weighted by Gasteiger charge is -2.24. The Bertz CT molecular complexity index is 1020. The standard InChI is InChI=1S/C19H21ClN2O5S2/c1-22(29(24,25)18-7-6-16(20)28-18)11-17(23)21-19(12-2-3-12)13-4-5-14-15(10-13)27-9-8-26-14/h4-7,10,12,19H,2-3,8-9,11H2,1H3,(H,21,23). The Labute approximate surface area is 178 Å². The Morgan fingerprint density at radius 3 is 2.62 bits per heavy atom. The molecule has 7 nitrogen and oxygen atoms in total. The summed E-state index contributed by atoms with van der Waals surface area (Å²) in [6.45, 7) is 0.739. The number of likely N-dealkylation sites (N-methyl/N-ethyl adjacent to an activating group) is 1. The zero-order valence-electron chi connectivity index (χ0n) is 15.8. The molecular formula is C19H21ClN2O5S2. The number of fused-ring (bicyclic) bond motifs is 1. The van der Waals surface area contributed by atoms with E-state index >= 15 is 0 Å². The van der Waals surface area contributed by atoms with Gasteiger partial charge in [0.2, 0.25) is 5.91 Å². The number of hydrogen-bond acceptors (Lipinski definition) is 6. The van der Waals surface area contributed by atoms with Crippen LogP contribution in [0.2, 0.25) is 4.34 Å². The van der Waals surface area contributed by atoms with Gasteiger partial charge in [-0.1, -0.05) is 17.7 Å². The van der Waals surface area contributed by atoms with Crippen molar-refractivity contribution in [3.8, 4) is 11.5 Å². The highest BCUT2D eigenvalue weighted by molar-refractivity contribution is 7.91. The molecule has 1 aliphatic carbocycles. The molecule has 2 aromatic rings. The van der Waals surface area contributed by atoms with Crippen molar-refractivity contribution < 1.29 is 22.7 Å². The van der Waals surface area contributed by atoms with E-state index in [2.05, 4.69) is 5.32 Å². The summed E-state index contributed by atoms with van der Waals surface area (Å²) in [6.07, 6.45) is 2.03. The van der Waals surface area contributed by atoms with Gasteiger partial charge in [0.25, 0.3) is 10.0 Å². The van der Waals surface area contributed by atoms with Gasteiger partial charge in [-0.3, -0.25) is 4.79 Å². The van der Waals surface area contributed by atoms with Crippen molar-refractivity contribution in [2.75, 3.05) is 26.8 Å². The Morgan fingerprint density at radius 1 is 1.24 bits per heavy atom. The fourth-order valence-electron chi connectivity index (χ4n) is 3.25. The van der Waals surface area contributed by atoms with Crippen LogP contribution in [0.5, 0.6) is 11.5 Å². The number of sulfonamides is 1. The van der Waals surface area contributed by atoms with Crippen LogP contribution in [0.1, 0.15) is 24.4 Å². The number of rotatable bonds is 7. The van der Waals surface area contributed by atoms with Crippen LogP contribution >= 0.6 is 22.9 Å². The molecule has 0 bridgehead atoms. The Kier molecular flexibility index (Phi) is 5.74. The zero-order valence-corrected chi connectivity index (χ0v) is 18.1. The SMILES string of the molecule is CN(CC(=O)NC(c1ccc2c(c1)OCCO2)C1CC1)S(=O)(=O)c1ccc(Cl)s1. The number of nitrogens with zero attached hydrogens (tertiary/aromatic N) is 1. The van der Waals surface area contributed by atoms with Crippen LogP contribution in [0.3, 0.4) is 0 Å². The van der Waals surface area contributed by atoms with E-state index in [9.17, 15) is 13.2 Å². The van der Waals surface area contributed by atoms with Gasteiger partial charge in [-0.05, 0) is 48.6 Å². The molecule has 1 atom stereocenters. The smallest absolute Gasteiger partial charge is 0.252 e. The third kappa shape index (κ3) is 4.53. The van der Waals surface area contributed by atoms with Gasteiger partial charge in [0, 0.05) is 7.05 Å². The van der Waals surface area contributed by atoms with Crippen molar-refractivity contribution in [2.45, 2.75) is 23.1 Å². The first-order valence-electron chi connectivity index (χ1n) is 9.25. The van der Waals surface area contributed by atoms with E-state index in [-0.39, 0.29) is 22.7 Å². The van der Waals surface area contributed by atoms with E-state index in [0.717, 1.165) is 34.0 Å². The molecule has 1 aromatic heterocycles. The summed E-state index contributed by atoms with van der Waals surface area (Å²) >= 11 is 6.81. The Morgan fingerprint density at radius 2 is 1.97 bits per heavy atom. The lowest BCUT2D eigenvalue weighted by molar-refractivity contribution is -0.122. The van der Waals surface area contributed by atoms with Gasteiger partial charge in [0.15, 0.2) is 11.5 Å². The first-order chi connectivity index (χ1) is 13.8. The van der Waals surface area contributed by atoms with Gasteiger partial charge in [-0.2, -0.15) is 4.31 Å². The molecular weight excluding hydrogens is 436 g/mol. The van der Waals surface area contributed by atoms with Crippen LogP contribution in [-0.2, 0) is 14.8 Å². The average Bonchev–Trinajstić information content (AvgIpc) is 3.45. The number of thiophene rings is 1. The van der Waals surface area contributed by atoms with Crippen LogP contribution in [0.25, 0.3) is 0 Å². The molecule has 1 fully saturated rings. The molecule has 0 saturated heterocycles. The number of nitrogens with one attached hydrogen (secondary N) is 1. The van der Waals surface area contributed by atoms with Crippen molar-refractivity contribution in [1.82, 2.24) is 9.62 Å². The van der Waals surface area contributed by atoms with Crippen LogP contribution in [0.4, 0.5) is 0 Å². The molecule has 156 valence electrons. The number of halogens is 1. The maximum absolute atomic E-state index is 12.6. The molecule has 0 spiro atoms. The molecule has 1 unspecified atom stereocenters.